The first-order valence-corrected chi connectivity index (χ1v) is 4.93. The van der Waals surface area contributed by atoms with Gasteiger partial charge in [0, 0.05) is 13.1 Å². The third-order valence-corrected chi connectivity index (χ3v) is 4.29. The molecule has 1 aliphatic carbocycles. The molecule has 0 bridgehead atoms. The Hall–Kier alpha value is -0.570. The zero-order valence-corrected chi connectivity index (χ0v) is 8.26. The van der Waals surface area contributed by atoms with Crippen LogP contribution in [0.2, 0.25) is 0 Å². The van der Waals surface area contributed by atoms with Gasteiger partial charge in [-0.05, 0) is 23.7 Å². The van der Waals surface area contributed by atoms with E-state index >= 15 is 0 Å². The summed E-state index contributed by atoms with van der Waals surface area (Å²) in [6, 6.07) is 0. The molecule has 1 saturated heterocycles. The maximum Gasteiger partial charge on any atom is 0.308 e. The van der Waals surface area contributed by atoms with Gasteiger partial charge in [0.05, 0.1) is 5.92 Å². The molecule has 0 radical (unpaired) electrons. The van der Waals surface area contributed by atoms with Crippen molar-refractivity contribution < 1.29 is 9.90 Å². The van der Waals surface area contributed by atoms with Crippen LogP contribution in [0.1, 0.15) is 26.7 Å². The molecule has 2 aliphatic rings. The van der Waals surface area contributed by atoms with Gasteiger partial charge in [-0.3, -0.25) is 4.79 Å². The number of hydrogen-bond acceptors (Lipinski definition) is 2. The van der Waals surface area contributed by atoms with Crippen LogP contribution in [0.3, 0.4) is 0 Å². The summed E-state index contributed by atoms with van der Waals surface area (Å²) in [5, 5.41) is 12.3. The summed E-state index contributed by atoms with van der Waals surface area (Å²) < 4.78 is 0. The van der Waals surface area contributed by atoms with Crippen LogP contribution in [0.25, 0.3) is 0 Å². The summed E-state index contributed by atoms with van der Waals surface area (Å²) in [6.45, 7) is 5.84. The zero-order valence-electron chi connectivity index (χ0n) is 8.26. The highest BCUT2D eigenvalue weighted by Gasteiger charge is 2.60. The zero-order chi connectivity index (χ0) is 9.69. The molecule has 0 amide bonds. The summed E-state index contributed by atoms with van der Waals surface area (Å²) in [7, 11) is 0. The highest BCUT2D eigenvalue weighted by molar-refractivity contribution is 5.72. The molecule has 2 rings (SSSR count). The second kappa shape index (κ2) is 2.47. The van der Waals surface area contributed by atoms with Crippen molar-refractivity contribution in [2.45, 2.75) is 26.7 Å². The second-order valence-corrected chi connectivity index (χ2v) is 5.00. The smallest absolute Gasteiger partial charge is 0.308 e. The molecule has 13 heavy (non-hydrogen) atoms. The summed E-state index contributed by atoms with van der Waals surface area (Å²) in [4.78, 5) is 11.1. The van der Waals surface area contributed by atoms with Crippen LogP contribution < -0.4 is 5.32 Å². The van der Waals surface area contributed by atoms with Crippen molar-refractivity contribution in [3.63, 3.8) is 0 Å². The number of carbonyl (C=O) groups is 1. The largest absolute Gasteiger partial charge is 0.481 e. The molecule has 0 aromatic heterocycles. The summed E-state index contributed by atoms with van der Waals surface area (Å²) >= 11 is 0. The Labute approximate surface area is 78.5 Å². The van der Waals surface area contributed by atoms with Crippen molar-refractivity contribution in [2.75, 3.05) is 13.1 Å². The minimum absolute atomic E-state index is 0.0289. The Morgan fingerprint density at radius 2 is 2.08 bits per heavy atom. The van der Waals surface area contributed by atoms with E-state index in [1.807, 2.05) is 0 Å². The van der Waals surface area contributed by atoms with Gasteiger partial charge >= 0.3 is 5.97 Å². The Morgan fingerprint density at radius 1 is 1.46 bits per heavy atom. The van der Waals surface area contributed by atoms with Crippen LogP contribution >= 0.6 is 0 Å². The summed E-state index contributed by atoms with van der Waals surface area (Å²) in [6.07, 6.45) is 2.38. The molecule has 2 atom stereocenters. The van der Waals surface area contributed by atoms with E-state index in [1.54, 1.807) is 0 Å². The maximum atomic E-state index is 11.1. The number of nitrogens with one attached hydrogen (secondary N) is 1. The van der Waals surface area contributed by atoms with E-state index in [2.05, 4.69) is 19.2 Å². The lowest BCUT2D eigenvalue weighted by Gasteiger charge is -2.34. The van der Waals surface area contributed by atoms with Crippen LogP contribution in [-0.2, 0) is 4.79 Å². The highest BCUT2D eigenvalue weighted by atomic mass is 16.4. The third kappa shape index (κ3) is 1.10. The minimum Gasteiger partial charge on any atom is -0.481 e. The van der Waals surface area contributed by atoms with Crippen molar-refractivity contribution >= 4 is 5.97 Å². The Kier molecular flexibility index (Phi) is 1.71. The number of aliphatic carboxylic acids is 1. The van der Waals surface area contributed by atoms with Gasteiger partial charge in [-0.25, -0.2) is 0 Å². The highest BCUT2D eigenvalue weighted by Crippen LogP contribution is 2.62. The SMILES string of the molecule is CC1(C2(C)CNCC2C(=O)O)CC1. The van der Waals surface area contributed by atoms with Crippen molar-refractivity contribution in [3.8, 4) is 0 Å². The van der Waals surface area contributed by atoms with Crippen LogP contribution in [0.4, 0.5) is 0 Å². The normalized spacial score (nSPS) is 41.8. The molecule has 1 aliphatic heterocycles. The lowest BCUT2D eigenvalue weighted by Crippen LogP contribution is -2.39. The Bertz CT molecular complexity index is 247. The first kappa shape index (κ1) is 9.00. The predicted octanol–water partition coefficient (Wildman–Crippen LogP) is 1.10. The number of rotatable bonds is 2. The van der Waals surface area contributed by atoms with Crippen molar-refractivity contribution in [2.24, 2.45) is 16.7 Å². The van der Waals surface area contributed by atoms with Crippen LogP contribution in [0, 0.1) is 16.7 Å². The molecule has 3 nitrogen and oxygen atoms in total. The van der Waals surface area contributed by atoms with E-state index in [9.17, 15) is 4.79 Å². The number of carboxylic acids is 1. The second-order valence-electron chi connectivity index (χ2n) is 5.00. The van der Waals surface area contributed by atoms with Gasteiger partial charge in [-0.1, -0.05) is 13.8 Å². The van der Waals surface area contributed by atoms with E-state index < -0.39 is 5.97 Å². The first-order chi connectivity index (χ1) is 6.00. The van der Waals surface area contributed by atoms with E-state index in [-0.39, 0.29) is 16.7 Å². The molecule has 74 valence electrons. The van der Waals surface area contributed by atoms with Gasteiger partial charge in [0.25, 0.3) is 0 Å². The minimum atomic E-state index is -0.638. The average Bonchev–Trinajstić information content (AvgIpc) is 2.64. The number of hydrogen-bond donors (Lipinski definition) is 2. The fourth-order valence-corrected chi connectivity index (χ4v) is 2.58. The molecule has 1 saturated carbocycles. The maximum absolute atomic E-state index is 11.1. The molecular weight excluding hydrogens is 166 g/mol. The summed E-state index contributed by atoms with van der Waals surface area (Å²) in [5.74, 6) is -0.833. The Morgan fingerprint density at radius 3 is 2.54 bits per heavy atom. The average molecular weight is 183 g/mol. The van der Waals surface area contributed by atoms with Gasteiger partial charge in [0.1, 0.15) is 0 Å². The number of carboxylic acid groups (broad SMARTS) is 1. The van der Waals surface area contributed by atoms with Crippen molar-refractivity contribution in [3.05, 3.63) is 0 Å². The van der Waals surface area contributed by atoms with Crippen LogP contribution in [0.15, 0.2) is 0 Å². The lowest BCUT2D eigenvalue weighted by atomic mass is 9.68. The van der Waals surface area contributed by atoms with Crippen LogP contribution in [-0.4, -0.2) is 24.2 Å². The van der Waals surface area contributed by atoms with E-state index in [0.29, 0.717) is 6.54 Å². The molecule has 3 heteroatoms. The fraction of sp³-hybridized carbons (Fsp3) is 0.900. The molecule has 0 aromatic rings. The standard InChI is InChI=1S/C10H17NO2/c1-9(3-4-9)10(2)6-11-5-7(10)8(12)13/h7,11H,3-6H2,1-2H3,(H,12,13). The topological polar surface area (TPSA) is 49.3 Å². The van der Waals surface area contributed by atoms with Crippen molar-refractivity contribution in [1.29, 1.82) is 0 Å². The summed E-state index contributed by atoms with van der Waals surface area (Å²) in [5.41, 5.74) is 0.248. The van der Waals surface area contributed by atoms with Gasteiger partial charge < -0.3 is 10.4 Å². The molecule has 2 unspecified atom stereocenters. The monoisotopic (exact) mass is 183 g/mol. The predicted molar refractivity (Wildman–Crippen MR) is 49.4 cm³/mol. The van der Waals surface area contributed by atoms with E-state index in [1.165, 1.54) is 12.8 Å². The molecule has 1 heterocycles. The van der Waals surface area contributed by atoms with Gasteiger partial charge in [-0.2, -0.15) is 0 Å². The van der Waals surface area contributed by atoms with Gasteiger partial charge in [-0.15, -0.1) is 0 Å². The fourth-order valence-electron chi connectivity index (χ4n) is 2.58. The molecule has 2 fully saturated rings. The third-order valence-electron chi connectivity index (χ3n) is 4.29. The Balaban J connectivity index is 2.25. The van der Waals surface area contributed by atoms with Gasteiger partial charge in [0.15, 0.2) is 0 Å². The molecular formula is C10H17NO2. The molecule has 0 spiro atoms. The first-order valence-electron chi connectivity index (χ1n) is 4.93. The molecule has 2 N–H and O–H groups in total. The van der Waals surface area contributed by atoms with Crippen molar-refractivity contribution in [1.82, 2.24) is 5.32 Å². The van der Waals surface area contributed by atoms with Crippen LogP contribution in [0.5, 0.6) is 0 Å². The lowest BCUT2D eigenvalue weighted by molar-refractivity contribution is -0.145. The molecule has 0 aromatic carbocycles. The van der Waals surface area contributed by atoms with E-state index in [4.69, 9.17) is 5.11 Å². The van der Waals surface area contributed by atoms with Gasteiger partial charge in [0.2, 0.25) is 0 Å². The van der Waals surface area contributed by atoms with E-state index in [0.717, 1.165) is 6.54 Å². The quantitative estimate of drug-likeness (QED) is 0.674.